The van der Waals surface area contributed by atoms with E-state index in [0.29, 0.717) is 28.7 Å². The smallest absolute Gasteiger partial charge is 0.263 e. The summed E-state index contributed by atoms with van der Waals surface area (Å²) in [4.78, 5) is 31.5. The molecule has 142 valence electrons. The van der Waals surface area contributed by atoms with Crippen LogP contribution in [0.15, 0.2) is 34.2 Å². The fourth-order valence-corrected chi connectivity index (χ4v) is 4.88. The van der Waals surface area contributed by atoms with Crippen molar-refractivity contribution in [3.63, 3.8) is 0 Å². The quantitative estimate of drug-likeness (QED) is 0.479. The van der Waals surface area contributed by atoms with Gasteiger partial charge in [0.2, 0.25) is 5.91 Å². The van der Waals surface area contributed by atoms with Gasteiger partial charge in [0, 0.05) is 23.0 Å². The summed E-state index contributed by atoms with van der Waals surface area (Å²) in [5.74, 6) is 0.0570. The third kappa shape index (κ3) is 4.20. The molecule has 0 spiro atoms. The van der Waals surface area contributed by atoms with Gasteiger partial charge in [0.05, 0.1) is 11.1 Å². The Balaban J connectivity index is 1.74. The highest BCUT2D eigenvalue weighted by atomic mass is 35.5. The molecule has 0 atom stereocenters. The maximum Gasteiger partial charge on any atom is 0.263 e. The van der Waals surface area contributed by atoms with Gasteiger partial charge in [0.15, 0.2) is 5.16 Å². The predicted molar refractivity (Wildman–Crippen MR) is 113 cm³/mol. The summed E-state index contributed by atoms with van der Waals surface area (Å²) in [5, 5.41) is 4.74. The SMILES string of the molecule is CCn1c(SCC(=O)NCc2ccccc2Cl)nc2sc(C)c(C)c2c1=O. The van der Waals surface area contributed by atoms with E-state index in [9.17, 15) is 9.59 Å². The number of thiophene rings is 1. The molecule has 0 bridgehead atoms. The first-order valence-electron chi connectivity index (χ1n) is 8.55. The van der Waals surface area contributed by atoms with Crippen molar-refractivity contribution in [2.75, 3.05) is 5.75 Å². The highest BCUT2D eigenvalue weighted by Gasteiger charge is 2.16. The first-order valence-corrected chi connectivity index (χ1v) is 10.7. The maximum absolute atomic E-state index is 12.8. The molecule has 3 rings (SSSR count). The van der Waals surface area contributed by atoms with Crippen LogP contribution in [0.5, 0.6) is 0 Å². The van der Waals surface area contributed by atoms with Crippen molar-refractivity contribution in [2.24, 2.45) is 0 Å². The second-order valence-electron chi connectivity index (χ2n) is 6.06. The molecule has 1 aromatic carbocycles. The Hall–Kier alpha value is -1.83. The molecule has 1 amide bonds. The Labute approximate surface area is 170 Å². The van der Waals surface area contributed by atoms with Crippen molar-refractivity contribution in [1.29, 1.82) is 0 Å². The Kier molecular flexibility index (Phi) is 6.24. The Morgan fingerprint density at radius 1 is 1.33 bits per heavy atom. The summed E-state index contributed by atoms with van der Waals surface area (Å²) in [7, 11) is 0. The van der Waals surface area contributed by atoms with Crippen molar-refractivity contribution >= 4 is 50.8 Å². The molecule has 0 fully saturated rings. The number of hydrogen-bond acceptors (Lipinski definition) is 5. The monoisotopic (exact) mass is 421 g/mol. The summed E-state index contributed by atoms with van der Waals surface area (Å²) in [6, 6.07) is 7.40. The lowest BCUT2D eigenvalue weighted by molar-refractivity contribution is -0.118. The van der Waals surface area contributed by atoms with Gasteiger partial charge in [-0.3, -0.25) is 14.2 Å². The standard InChI is InChI=1S/C19H20ClN3O2S2/c1-4-23-18(25)16-11(2)12(3)27-17(16)22-19(23)26-10-15(24)21-9-13-7-5-6-8-14(13)20/h5-8H,4,9-10H2,1-3H3,(H,21,24). The Bertz CT molecular complexity index is 1060. The van der Waals surface area contributed by atoms with Crippen molar-refractivity contribution in [2.45, 2.75) is 39.0 Å². The van der Waals surface area contributed by atoms with Crippen LogP contribution in [0.1, 0.15) is 22.9 Å². The van der Waals surface area contributed by atoms with E-state index in [1.165, 1.54) is 23.1 Å². The number of nitrogens with one attached hydrogen (secondary N) is 1. The molecule has 0 aliphatic heterocycles. The number of nitrogens with zero attached hydrogens (tertiary/aromatic N) is 2. The molecular weight excluding hydrogens is 402 g/mol. The minimum atomic E-state index is -0.129. The average molecular weight is 422 g/mol. The molecule has 0 saturated heterocycles. The minimum absolute atomic E-state index is 0.0386. The third-order valence-corrected chi connectivity index (χ3v) is 6.78. The molecule has 2 aromatic heterocycles. The molecule has 0 saturated carbocycles. The van der Waals surface area contributed by atoms with Crippen LogP contribution in [0.2, 0.25) is 5.02 Å². The zero-order chi connectivity index (χ0) is 19.6. The molecule has 0 unspecified atom stereocenters. The van der Waals surface area contributed by atoms with Gasteiger partial charge in [-0.05, 0) is 38.0 Å². The Morgan fingerprint density at radius 3 is 2.78 bits per heavy atom. The number of carbonyl (C=O) groups excluding carboxylic acids is 1. The topological polar surface area (TPSA) is 64.0 Å². The van der Waals surface area contributed by atoms with Crippen LogP contribution in [0.3, 0.4) is 0 Å². The molecule has 8 heteroatoms. The number of thioether (sulfide) groups is 1. The van der Waals surface area contributed by atoms with Gasteiger partial charge in [-0.2, -0.15) is 0 Å². The van der Waals surface area contributed by atoms with Crippen molar-refractivity contribution in [3.05, 3.63) is 55.6 Å². The van der Waals surface area contributed by atoms with Crippen LogP contribution in [-0.4, -0.2) is 21.2 Å². The number of aryl methyl sites for hydroxylation is 2. The fraction of sp³-hybridized carbons (Fsp3) is 0.316. The van der Waals surface area contributed by atoms with E-state index in [4.69, 9.17) is 11.6 Å². The maximum atomic E-state index is 12.8. The normalized spacial score (nSPS) is 11.1. The molecule has 27 heavy (non-hydrogen) atoms. The van der Waals surface area contributed by atoms with Gasteiger partial charge < -0.3 is 5.32 Å². The molecule has 0 radical (unpaired) electrons. The molecule has 2 heterocycles. The highest BCUT2D eigenvalue weighted by Crippen LogP contribution is 2.28. The molecule has 3 aromatic rings. The summed E-state index contributed by atoms with van der Waals surface area (Å²) in [5.41, 5.74) is 1.82. The number of hydrogen-bond donors (Lipinski definition) is 1. The number of fused-ring (bicyclic) bond motifs is 1. The van der Waals surface area contributed by atoms with Crippen LogP contribution in [-0.2, 0) is 17.9 Å². The van der Waals surface area contributed by atoms with Gasteiger partial charge in [-0.15, -0.1) is 11.3 Å². The fourth-order valence-electron chi connectivity index (χ4n) is 2.71. The summed E-state index contributed by atoms with van der Waals surface area (Å²) >= 11 is 8.90. The largest absolute Gasteiger partial charge is 0.351 e. The van der Waals surface area contributed by atoms with E-state index >= 15 is 0 Å². The Morgan fingerprint density at radius 2 is 2.07 bits per heavy atom. The van der Waals surface area contributed by atoms with E-state index in [1.54, 1.807) is 10.6 Å². The summed E-state index contributed by atoms with van der Waals surface area (Å²) in [6.45, 7) is 6.73. The zero-order valence-corrected chi connectivity index (χ0v) is 17.7. The second-order valence-corrected chi connectivity index (χ2v) is 8.62. The number of carbonyl (C=O) groups is 1. The lowest BCUT2D eigenvalue weighted by atomic mass is 10.2. The second kappa shape index (κ2) is 8.46. The number of halogens is 1. The van der Waals surface area contributed by atoms with E-state index in [0.717, 1.165) is 20.8 Å². The zero-order valence-electron chi connectivity index (χ0n) is 15.3. The predicted octanol–water partition coefficient (Wildman–Crippen LogP) is 4.16. The molecule has 5 nitrogen and oxygen atoms in total. The molecule has 1 N–H and O–H groups in total. The van der Waals surface area contributed by atoms with E-state index in [1.807, 2.05) is 39.0 Å². The summed E-state index contributed by atoms with van der Waals surface area (Å²) < 4.78 is 1.63. The average Bonchev–Trinajstić information content (AvgIpc) is 2.93. The van der Waals surface area contributed by atoms with Crippen LogP contribution < -0.4 is 10.9 Å². The van der Waals surface area contributed by atoms with Gasteiger partial charge in [0.25, 0.3) is 5.56 Å². The summed E-state index contributed by atoms with van der Waals surface area (Å²) in [6.07, 6.45) is 0. The van der Waals surface area contributed by atoms with Crippen LogP contribution in [0.25, 0.3) is 10.2 Å². The van der Waals surface area contributed by atoms with Crippen LogP contribution in [0.4, 0.5) is 0 Å². The van der Waals surface area contributed by atoms with Gasteiger partial charge in [0.1, 0.15) is 4.83 Å². The number of benzene rings is 1. The van der Waals surface area contributed by atoms with Crippen LogP contribution in [0, 0.1) is 13.8 Å². The van der Waals surface area contributed by atoms with Crippen LogP contribution >= 0.6 is 34.7 Å². The van der Waals surface area contributed by atoms with Crippen molar-refractivity contribution in [3.8, 4) is 0 Å². The number of aromatic nitrogens is 2. The molecule has 0 aliphatic rings. The number of amides is 1. The minimum Gasteiger partial charge on any atom is -0.351 e. The van der Waals surface area contributed by atoms with Gasteiger partial charge in [-0.1, -0.05) is 41.6 Å². The number of rotatable bonds is 6. The lowest BCUT2D eigenvalue weighted by Crippen LogP contribution is -2.26. The first-order chi connectivity index (χ1) is 12.9. The first kappa shape index (κ1) is 19.9. The van der Waals surface area contributed by atoms with E-state index < -0.39 is 0 Å². The molecule has 0 aliphatic carbocycles. The van der Waals surface area contributed by atoms with Gasteiger partial charge in [-0.25, -0.2) is 4.98 Å². The lowest BCUT2D eigenvalue weighted by Gasteiger charge is -2.10. The molecular formula is C19H20ClN3O2S2. The van der Waals surface area contributed by atoms with E-state index in [-0.39, 0.29) is 17.2 Å². The third-order valence-electron chi connectivity index (χ3n) is 4.34. The van der Waals surface area contributed by atoms with E-state index in [2.05, 4.69) is 10.3 Å². The van der Waals surface area contributed by atoms with Gasteiger partial charge >= 0.3 is 0 Å². The van der Waals surface area contributed by atoms with Crippen molar-refractivity contribution < 1.29 is 4.79 Å². The van der Waals surface area contributed by atoms with Crippen molar-refractivity contribution in [1.82, 2.24) is 14.9 Å². The highest BCUT2D eigenvalue weighted by molar-refractivity contribution is 7.99.